The van der Waals surface area contributed by atoms with Gasteiger partial charge in [0, 0.05) is 33.3 Å². The highest BCUT2D eigenvalue weighted by Gasteiger charge is 2.11. The molecule has 0 saturated carbocycles. The number of hydrogen-bond acceptors (Lipinski definition) is 7. The molecule has 2 aromatic heterocycles. The van der Waals surface area contributed by atoms with E-state index in [2.05, 4.69) is 20.8 Å². The van der Waals surface area contributed by atoms with Gasteiger partial charge < -0.3 is 20.0 Å². The number of hydrogen-bond donors (Lipinski definition) is 2. The lowest BCUT2D eigenvalue weighted by atomic mass is 10.3. The van der Waals surface area contributed by atoms with E-state index in [1.54, 1.807) is 30.5 Å². The highest BCUT2D eigenvalue weighted by molar-refractivity contribution is 5.79. The maximum atomic E-state index is 12.1. The molecule has 2 N–H and O–H groups in total. The summed E-state index contributed by atoms with van der Waals surface area (Å²) in [6.07, 6.45) is 1.67. The zero-order chi connectivity index (χ0) is 18.5. The van der Waals surface area contributed by atoms with E-state index in [1.807, 2.05) is 25.1 Å². The van der Waals surface area contributed by atoms with Gasteiger partial charge in [0.15, 0.2) is 11.4 Å². The Balaban J connectivity index is 1.51. The van der Waals surface area contributed by atoms with Crippen LogP contribution in [0.1, 0.15) is 0 Å². The zero-order valence-electron chi connectivity index (χ0n) is 14.6. The van der Waals surface area contributed by atoms with Crippen molar-refractivity contribution in [1.82, 2.24) is 20.1 Å². The minimum Gasteiger partial charge on any atom is -0.408 e. The molecule has 0 atom stereocenters. The largest absolute Gasteiger partial charge is 0.420 e. The van der Waals surface area contributed by atoms with Crippen LogP contribution in [-0.4, -0.2) is 47.9 Å². The van der Waals surface area contributed by atoms with Gasteiger partial charge in [-0.05, 0) is 12.1 Å². The molecule has 1 aromatic carbocycles. The van der Waals surface area contributed by atoms with Gasteiger partial charge in [0.25, 0.3) is 0 Å². The van der Waals surface area contributed by atoms with Crippen LogP contribution < -0.4 is 21.3 Å². The van der Waals surface area contributed by atoms with Gasteiger partial charge in [0.05, 0.1) is 17.4 Å². The van der Waals surface area contributed by atoms with E-state index in [-0.39, 0.29) is 12.5 Å². The van der Waals surface area contributed by atoms with Crippen molar-refractivity contribution in [2.75, 3.05) is 37.4 Å². The summed E-state index contributed by atoms with van der Waals surface area (Å²) in [4.78, 5) is 25.9. The van der Waals surface area contributed by atoms with Gasteiger partial charge in [-0.15, -0.1) is 5.10 Å². The molecule has 136 valence electrons. The minimum atomic E-state index is -0.546. The van der Waals surface area contributed by atoms with Crippen molar-refractivity contribution in [2.24, 2.45) is 0 Å². The van der Waals surface area contributed by atoms with Gasteiger partial charge in [0.1, 0.15) is 6.54 Å². The first-order chi connectivity index (χ1) is 12.5. The number of benzene rings is 1. The SMILES string of the molecule is CN(C)c1cnnc(NCCNC(=O)Cn2c(=O)oc3ccccc32)c1. The van der Waals surface area contributed by atoms with Crippen LogP contribution in [0.4, 0.5) is 11.5 Å². The Morgan fingerprint density at radius 2 is 2.08 bits per heavy atom. The first kappa shape index (κ1) is 17.5. The summed E-state index contributed by atoms with van der Waals surface area (Å²) in [7, 11) is 3.84. The summed E-state index contributed by atoms with van der Waals surface area (Å²) in [6.45, 7) is 0.779. The fourth-order valence-corrected chi connectivity index (χ4v) is 2.44. The summed E-state index contributed by atoms with van der Waals surface area (Å²) in [5, 5.41) is 13.8. The molecule has 0 radical (unpaired) electrons. The number of oxazole rings is 1. The van der Waals surface area contributed by atoms with Crippen LogP contribution in [0.5, 0.6) is 0 Å². The molecule has 9 heteroatoms. The maximum absolute atomic E-state index is 12.1. The summed E-state index contributed by atoms with van der Waals surface area (Å²) >= 11 is 0. The average Bonchev–Trinajstić information content (AvgIpc) is 2.94. The molecule has 0 unspecified atom stereocenters. The standard InChI is InChI=1S/C17H20N6O3/c1-22(2)12-9-15(21-20-10-12)18-7-8-19-16(24)11-23-13-5-3-4-6-14(13)26-17(23)25/h3-6,9-10H,7-8,11H2,1-2H3,(H,18,21)(H,19,24). The smallest absolute Gasteiger partial charge is 0.408 e. The van der Waals surface area contributed by atoms with Crippen molar-refractivity contribution in [3.05, 3.63) is 47.1 Å². The van der Waals surface area contributed by atoms with E-state index in [1.165, 1.54) is 4.57 Å². The van der Waals surface area contributed by atoms with Crippen LogP contribution in [-0.2, 0) is 11.3 Å². The molecule has 3 rings (SSSR count). The Hall–Kier alpha value is -3.36. The van der Waals surface area contributed by atoms with Gasteiger partial charge in [-0.2, -0.15) is 5.10 Å². The lowest BCUT2D eigenvalue weighted by molar-refractivity contribution is -0.121. The van der Waals surface area contributed by atoms with E-state index in [4.69, 9.17) is 4.42 Å². The minimum absolute atomic E-state index is 0.0915. The third-order valence-electron chi connectivity index (χ3n) is 3.79. The third-order valence-corrected chi connectivity index (χ3v) is 3.79. The highest BCUT2D eigenvalue weighted by atomic mass is 16.4. The molecule has 0 saturated heterocycles. The molecule has 0 aliphatic carbocycles. The van der Waals surface area contributed by atoms with E-state index in [0.717, 1.165) is 5.69 Å². The lowest BCUT2D eigenvalue weighted by Crippen LogP contribution is -2.33. The Morgan fingerprint density at radius 1 is 1.27 bits per heavy atom. The predicted molar refractivity (Wildman–Crippen MR) is 98.3 cm³/mol. The monoisotopic (exact) mass is 356 g/mol. The van der Waals surface area contributed by atoms with Crippen molar-refractivity contribution >= 4 is 28.5 Å². The number of carbonyl (C=O) groups is 1. The van der Waals surface area contributed by atoms with Crippen LogP contribution in [0.25, 0.3) is 11.1 Å². The van der Waals surface area contributed by atoms with Crippen LogP contribution in [0.2, 0.25) is 0 Å². The molecular weight excluding hydrogens is 336 g/mol. The quantitative estimate of drug-likeness (QED) is 0.600. The summed E-state index contributed by atoms with van der Waals surface area (Å²) < 4.78 is 6.42. The molecule has 1 amide bonds. The zero-order valence-corrected chi connectivity index (χ0v) is 14.6. The van der Waals surface area contributed by atoms with E-state index in [9.17, 15) is 9.59 Å². The molecule has 0 aliphatic rings. The number of anilines is 2. The molecule has 3 aromatic rings. The first-order valence-corrected chi connectivity index (χ1v) is 8.13. The Morgan fingerprint density at radius 3 is 2.88 bits per heavy atom. The van der Waals surface area contributed by atoms with E-state index < -0.39 is 5.76 Å². The molecule has 9 nitrogen and oxygen atoms in total. The van der Waals surface area contributed by atoms with E-state index >= 15 is 0 Å². The van der Waals surface area contributed by atoms with Gasteiger partial charge in [-0.3, -0.25) is 9.36 Å². The molecule has 26 heavy (non-hydrogen) atoms. The van der Waals surface area contributed by atoms with Crippen LogP contribution in [0, 0.1) is 0 Å². The van der Waals surface area contributed by atoms with Crippen LogP contribution in [0.3, 0.4) is 0 Å². The summed E-state index contributed by atoms with van der Waals surface area (Å²) in [5.74, 6) is -0.189. The number of para-hydroxylation sites is 2. The second-order valence-electron chi connectivity index (χ2n) is 5.89. The number of amides is 1. The van der Waals surface area contributed by atoms with Gasteiger partial charge in [0.2, 0.25) is 5.91 Å². The Kier molecular flexibility index (Phi) is 5.16. The number of nitrogens with zero attached hydrogens (tertiary/aromatic N) is 4. The average molecular weight is 356 g/mol. The fraction of sp³-hybridized carbons (Fsp3) is 0.294. The molecule has 2 heterocycles. The van der Waals surface area contributed by atoms with Crippen LogP contribution in [0.15, 0.2) is 45.7 Å². The first-order valence-electron chi connectivity index (χ1n) is 8.13. The van der Waals surface area contributed by atoms with Crippen molar-refractivity contribution < 1.29 is 9.21 Å². The summed E-state index contributed by atoms with van der Waals surface area (Å²) in [5.41, 5.74) is 1.99. The molecule has 0 bridgehead atoms. The maximum Gasteiger partial charge on any atom is 0.420 e. The molecule has 0 aliphatic heterocycles. The van der Waals surface area contributed by atoms with Gasteiger partial charge >= 0.3 is 5.76 Å². The lowest BCUT2D eigenvalue weighted by Gasteiger charge is -2.13. The van der Waals surface area contributed by atoms with Crippen molar-refractivity contribution in [3.63, 3.8) is 0 Å². The number of nitrogens with one attached hydrogen (secondary N) is 2. The Bertz CT molecular complexity index is 962. The number of rotatable bonds is 7. The molecule has 0 spiro atoms. The topological polar surface area (TPSA) is 105 Å². The number of fused-ring (bicyclic) bond motifs is 1. The van der Waals surface area contributed by atoms with Gasteiger partial charge in [-0.25, -0.2) is 4.79 Å². The normalized spacial score (nSPS) is 10.7. The van der Waals surface area contributed by atoms with Crippen molar-refractivity contribution in [3.8, 4) is 0 Å². The second-order valence-corrected chi connectivity index (χ2v) is 5.89. The molecule has 0 fully saturated rings. The Labute approximate surface area is 149 Å². The number of aromatic nitrogens is 3. The highest BCUT2D eigenvalue weighted by Crippen LogP contribution is 2.12. The van der Waals surface area contributed by atoms with Gasteiger partial charge in [-0.1, -0.05) is 12.1 Å². The predicted octanol–water partition coefficient (Wildman–Crippen LogP) is 0.679. The van der Waals surface area contributed by atoms with Crippen molar-refractivity contribution in [1.29, 1.82) is 0 Å². The molecular formula is C17H20N6O3. The number of carbonyl (C=O) groups excluding carboxylic acids is 1. The van der Waals surface area contributed by atoms with Crippen molar-refractivity contribution in [2.45, 2.75) is 6.54 Å². The second kappa shape index (κ2) is 7.68. The van der Waals surface area contributed by atoms with E-state index in [0.29, 0.717) is 30.0 Å². The summed E-state index contributed by atoms with van der Waals surface area (Å²) in [6, 6.07) is 8.86. The third kappa shape index (κ3) is 4.00. The fourth-order valence-electron chi connectivity index (χ4n) is 2.44. The van der Waals surface area contributed by atoms with Crippen LogP contribution >= 0.6 is 0 Å².